The first-order chi connectivity index (χ1) is 10.7. The molecule has 2 aromatic rings. The summed E-state index contributed by atoms with van der Waals surface area (Å²) in [6.45, 7) is 5.08. The summed E-state index contributed by atoms with van der Waals surface area (Å²) in [5.74, 6) is -0.0445. The molecule has 5 nitrogen and oxygen atoms in total. The second-order valence-corrected chi connectivity index (χ2v) is 5.56. The zero-order valence-electron chi connectivity index (χ0n) is 12.6. The Morgan fingerprint density at radius 1 is 1.14 bits per heavy atom. The van der Waals surface area contributed by atoms with Crippen molar-refractivity contribution in [3.8, 4) is 0 Å². The van der Waals surface area contributed by atoms with Gasteiger partial charge >= 0.3 is 0 Å². The van der Waals surface area contributed by atoms with Crippen molar-refractivity contribution in [3.05, 3.63) is 53.3 Å². The van der Waals surface area contributed by atoms with Gasteiger partial charge in [0.1, 0.15) is 5.69 Å². The minimum Gasteiger partial charge on any atom is -0.368 e. The lowest BCUT2D eigenvalue weighted by molar-refractivity contribution is 0.0741. The Hall–Kier alpha value is -2.56. The van der Waals surface area contributed by atoms with Gasteiger partial charge in [-0.15, -0.1) is 0 Å². The van der Waals surface area contributed by atoms with Crippen LogP contribution in [0.1, 0.15) is 26.5 Å². The molecular formula is C17H19N3O2. The van der Waals surface area contributed by atoms with Crippen molar-refractivity contribution < 1.29 is 9.59 Å². The molecule has 0 unspecified atom stereocenters. The van der Waals surface area contributed by atoms with E-state index in [1.165, 1.54) is 11.3 Å². The van der Waals surface area contributed by atoms with Crippen LogP contribution < -0.4 is 4.90 Å². The molecule has 1 N–H and O–H groups in total. The number of aromatic nitrogens is 1. The molecule has 1 aromatic carbocycles. The van der Waals surface area contributed by atoms with Crippen molar-refractivity contribution in [2.45, 2.75) is 6.92 Å². The zero-order chi connectivity index (χ0) is 15.5. The molecule has 0 bridgehead atoms. The fraction of sp³-hybridized carbons (Fsp3) is 0.294. The lowest BCUT2D eigenvalue weighted by atomic mass is 10.2. The molecule has 1 aliphatic rings. The number of aldehydes is 1. The predicted molar refractivity (Wildman–Crippen MR) is 85.5 cm³/mol. The molecule has 22 heavy (non-hydrogen) atoms. The van der Waals surface area contributed by atoms with Gasteiger partial charge in [-0.25, -0.2) is 0 Å². The molecule has 5 heteroatoms. The van der Waals surface area contributed by atoms with Crippen LogP contribution >= 0.6 is 0 Å². The second kappa shape index (κ2) is 6.05. The van der Waals surface area contributed by atoms with Crippen LogP contribution in [0.4, 0.5) is 5.69 Å². The Bertz CT molecular complexity index is 685. The van der Waals surface area contributed by atoms with E-state index in [-0.39, 0.29) is 5.91 Å². The number of carbonyl (C=O) groups excluding carboxylic acids is 2. The number of rotatable bonds is 3. The van der Waals surface area contributed by atoms with Gasteiger partial charge in [-0.2, -0.15) is 0 Å². The Morgan fingerprint density at radius 2 is 1.91 bits per heavy atom. The average Bonchev–Trinajstić information content (AvgIpc) is 3.03. The van der Waals surface area contributed by atoms with Crippen molar-refractivity contribution >= 4 is 17.9 Å². The summed E-state index contributed by atoms with van der Waals surface area (Å²) >= 11 is 0. The van der Waals surface area contributed by atoms with Gasteiger partial charge in [0.2, 0.25) is 0 Å². The number of aromatic amines is 1. The van der Waals surface area contributed by atoms with Crippen LogP contribution in [0.2, 0.25) is 0 Å². The zero-order valence-corrected chi connectivity index (χ0v) is 12.6. The van der Waals surface area contributed by atoms with E-state index >= 15 is 0 Å². The molecule has 0 atom stereocenters. The van der Waals surface area contributed by atoms with Gasteiger partial charge in [-0.3, -0.25) is 9.59 Å². The van der Waals surface area contributed by atoms with E-state index in [0.717, 1.165) is 13.1 Å². The van der Waals surface area contributed by atoms with Gasteiger partial charge in [-0.05, 0) is 36.8 Å². The normalized spacial score (nSPS) is 15.0. The van der Waals surface area contributed by atoms with Crippen molar-refractivity contribution in [2.75, 3.05) is 31.1 Å². The van der Waals surface area contributed by atoms with Gasteiger partial charge in [0, 0.05) is 31.9 Å². The molecule has 1 amide bonds. The number of hydrogen-bond donors (Lipinski definition) is 1. The number of hydrogen-bond acceptors (Lipinski definition) is 3. The standard InChI is InChI=1S/C17H19N3O2/c1-13-3-2-4-15(11-13)19-7-9-20(10-8-19)17(22)16-6-5-14(12-21)18-16/h2-6,11-12,18H,7-10H2,1H3. The number of H-pyrrole nitrogens is 1. The van der Waals surface area contributed by atoms with Gasteiger partial charge < -0.3 is 14.8 Å². The van der Waals surface area contributed by atoms with Crippen LogP contribution in [-0.4, -0.2) is 48.3 Å². The highest BCUT2D eigenvalue weighted by Gasteiger charge is 2.23. The fourth-order valence-corrected chi connectivity index (χ4v) is 2.77. The van der Waals surface area contributed by atoms with Crippen LogP contribution in [-0.2, 0) is 0 Å². The molecule has 1 aliphatic heterocycles. The highest BCUT2D eigenvalue weighted by atomic mass is 16.2. The molecule has 1 saturated heterocycles. The van der Waals surface area contributed by atoms with Crippen molar-refractivity contribution in [3.63, 3.8) is 0 Å². The summed E-state index contributed by atoms with van der Waals surface area (Å²) in [7, 11) is 0. The Morgan fingerprint density at radius 3 is 2.55 bits per heavy atom. The molecule has 114 valence electrons. The van der Waals surface area contributed by atoms with Crippen molar-refractivity contribution in [1.82, 2.24) is 9.88 Å². The number of nitrogens with zero attached hydrogens (tertiary/aromatic N) is 2. The third-order valence-corrected chi connectivity index (χ3v) is 4.00. The maximum Gasteiger partial charge on any atom is 0.270 e. The fourth-order valence-electron chi connectivity index (χ4n) is 2.77. The number of piperazine rings is 1. The molecule has 3 rings (SSSR count). The van der Waals surface area contributed by atoms with Crippen LogP contribution in [0, 0.1) is 6.92 Å². The Labute approximate surface area is 129 Å². The van der Waals surface area contributed by atoms with Gasteiger partial charge in [-0.1, -0.05) is 12.1 Å². The minimum atomic E-state index is -0.0445. The van der Waals surface area contributed by atoms with E-state index in [0.29, 0.717) is 30.8 Å². The van der Waals surface area contributed by atoms with Crippen molar-refractivity contribution in [1.29, 1.82) is 0 Å². The summed E-state index contributed by atoms with van der Waals surface area (Å²) in [6.07, 6.45) is 0.715. The van der Waals surface area contributed by atoms with Gasteiger partial charge in [0.15, 0.2) is 6.29 Å². The first kappa shape index (κ1) is 14.4. The van der Waals surface area contributed by atoms with Crippen LogP contribution in [0.5, 0.6) is 0 Å². The molecule has 1 fully saturated rings. The first-order valence-corrected chi connectivity index (χ1v) is 7.42. The summed E-state index contributed by atoms with van der Waals surface area (Å²) in [5.41, 5.74) is 3.35. The van der Waals surface area contributed by atoms with E-state index < -0.39 is 0 Å². The number of nitrogens with one attached hydrogen (secondary N) is 1. The van der Waals surface area contributed by atoms with Gasteiger partial charge in [0.25, 0.3) is 5.91 Å². The molecule has 0 saturated carbocycles. The van der Waals surface area contributed by atoms with Crippen LogP contribution in [0.15, 0.2) is 36.4 Å². The summed E-state index contributed by atoms with van der Waals surface area (Å²) in [4.78, 5) is 30.0. The first-order valence-electron chi connectivity index (χ1n) is 7.42. The van der Waals surface area contributed by atoms with E-state index in [9.17, 15) is 9.59 Å². The largest absolute Gasteiger partial charge is 0.368 e. The highest BCUT2D eigenvalue weighted by molar-refractivity contribution is 5.93. The molecule has 2 heterocycles. The maximum atomic E-state index is 12.4. The number of anilines is 1. The third kappa shape index (κ3) is 2.88. The molecule has 0 spiro atoms. The lowest BCUT2D eigenvalue weighted by Crippen LogP contribution is -2.48. The number of amides is 1. The summed E-state index contributed by atoms with van der Waals surface area (Å²) < 4.78 is 0. The predicted octanol–water partition coefficient (Wildman–Crippen LogP) is 2.10. The second-order valence-electron chi connectivity index (χ2n) is 5.56. The van der Waals surface area contributed by atoms with Crippen LogP contribution in [0.25, 0.3) is 0 Å². The Balaban J connectivity index is 1.64. The maximum absolute atomic E-state index is 12.4. The monoisotopic (exact) mass is 297 g/mol. The minimum absolute atomic E-state index is 0.0445. The summed E-state index contributed by atoms with van der Waals surface area (Å²) in [5, 5.41) is 0. The van der Waals surface area contributed by atoms with Gasteiger partial charge in [0.05, 0.1) is 5.69 Å². The van der Waals surface area contributed by atoms with E-state index in [1.54, 1.807) is 12.1 Å². The lowest BCUT2D eigenvalue weighted by Gasteiger charge is -2.36. The van der Waals surface area contributed by atoms with E-state index in [4.69, 9.17) is 0 Å². The van der Waals surface area contributed by atoms with Crippen molar-refractivity contribution in [2.24, 2.45) is 0 Å². The number of carbonyl (C=O) groups is 2. The topological polar surface area (TPSA) is 56.4 Å². The summed E-state index contributed by atoms with van der Waals surface area (Å²) in [6, 6.07) is 11.7. The smallest absolute Gasteiger partial charge is 0.270 e. The highest BCUT2D eigenvalue weighted by Crippen LogP contribution is 2.18. The van der Waals surface area contributed by atoms with E-state index in [2.05, 4.69) is 41.1 Å². The molecule has 0 aliphatic carbocycles. The molecule has 1 aromatic heterocycles. The third-order valence-electron chi connectivity index (χ3n) is 4.00. The van der Waals surface area contributed by atoms with E-state index in [1.807, 2.05) is 4.90 Å². The number of benzene rings is 1. The molecular weight excluding hydrogens is 278 g/mol. The average molecular weight is 297 g/mol. The SMILES string of the molecule is Cc1cccc(N2CCN(C(=O)c3ccc(C=O)[nH]3)CC2)c1. The quantitative estimate of drug-likeness (QED) is 0.883. The Kier molecular flexibility index (Phi) is 3.96. The molecule has 0 radical (unpaired) electrons. The number of aryl methyl sites for hydroxylation is 1. The van der Waals surface area contributed by atoms with Crippen LogP contribution in [0.3, 0.4) is 0 Å².